The molecule has 1 aromatic carbocycles. The van der Waals surface area contributed by atoms with Crippen molar-refractivity contribution < 1.29 is 9.90 Å². The Bertz CT molecular complexity index is 387. The average Bonchev–Trinajstić information content (AvgIpc) is 2.27. The van der Waals surface area contributed by atoms with Crippen LogP contribution in [0.3, 0.4) is 0 Å². The number of hydrogen-bond donors (Lipinski definition) is 2. The molecule has 0 bridgehead atoms. The molecule has 0 aliphatic carbocycles. The van der Waals surface area contributed by atoms with E-state index in [1.54, 1.807) is 13.8 Å². The molecule has 3 nitrogen and oxygen atoms in total. The van der Waals surface area contributed by atoms with Gasteiger partial charge in [0.15, 0.2) is 0 Å². The first kappa shape index (κ1) is 14.2. The number of aliphatic carboxylic acids is 1. The third-order valence-corrected chi connectivity index (χ3v) is 3.33. The van der Waals surface area contributed by atoms with Gasteiger partial charge in [0.2, 0.25) is 0 Å². The number of carboxylic acids is 1. The van der Waals surface area contributed by atoms with Crippen LogP contribution in [0.25, 0.3) is 0 Å². The van der Waals surface area contributed by atoms with E-state index >= 15 is 0 Å². The lowest BCUT2D eigenvalue weighted by Gasteiger charge is -2.23. The number of nitrogens with one attached hydrogen (secondary N) is 1. The summed E-state index contributed by atoms with van der Waals surface area (Å²) in [7, 11) is 0. The van der Waals surface area contributed by atoms with Crippen molar-refractivity contribution in [1.82, 2.24) is 5.32 Å². The molecule has 0 saturated heterocycles. The second-order valence-electron chi connectivity index (χ2n) is 4.84. The second kappa shape index (κ2) is 5.65. The first-order valence-corrected chi connectivity index (χ1v) is 6.34. The Morgan fingerprint density at radius 3 is 2.41 bits per heavy atom. The van der Waals surface area contributed by atoms with Crippen LogP contribution in [0.2, 0.25) is 0 Å². The average molecular weight is 300 g/mol. The van der Waals surface area contributed by atoms with E-state index in [9.17, 15) is 4.79 Å². The maximum Gasteiger partial charge on any atom is 0.310 e. The van der Waals surface area contributed by atoms with E-state index in [-0.39, 0.29) is 6.04 Å². The van der Waals surface area contributed by atoms with Gasteiger partial charge in [-0.2, -0.15) is 0 Å². The van der Waals surface area contributed by atoms with Crippen LogP contribution < -0.4 is 5.32 Å². The molecule has 0 amide bonds. The van der Waals surface area contributed by atoms with Crippen molar-refractivity contribution in [1.29, 1.82) is 0 Å². The van der Waals surface area contributed by atoms with Crippen molar-refractivity contribution in [2.24, 2.45) is 5.41 Å². The lowest BCUT2D eigenvalue weighted by atomic mass is 9.93. The van der Waals surface area contributed by atoms with Crippen molar-refractivity contribution >= 4 is 21.9 Å². The zero-order chi connectivity index (χ0) is 13.1. The highest BCUT2D eigenvalue weighted by Crippen LogP contribution is 2.19. The Hall–Kier alpha value is -0.870. The number of benzene rings is 1. The van der Waals surface area contributed by atoms with Crippen LogP contribution in [0, 0.1) is 5.41 Å². The van der Waals surface area contributed by atoms with E-state index in [2.05, 4.69) is 21.2 Å². The third kappa shape index (κ3) is 4.13. The summed E-state index contributed by atoms with van der Waals surface area (Å²) in [6.45, 7) is 5.91. The predicted octanol–water partition coefficient (Wildman–Crippen LogP) is 3.21. The lowest BCUT2D eigenvalue weighted by molar-refractivity contribution is -0.146. The normalized spacial score (nSPS) is 13.4. The highest BCUT2D eigenvalue weighted by molar-refractivity contribution is 9.10. The summed E-state index contributed by atoms with van der Waals surface area (Å²) in [4.78, 5) is 11.0. The number of halogens is 1. The molecule has 0 heterocycles. The topological polar surface area (TPSA) is 49.3 Å². The van der Waals surface area contributed by atoms with Gasteiger partial charge in [-0.1, -0.05) is 28.1 Å². The summed E-state index contributed by atoms with van der Waals surface area (Å²) in [5.74, 6) is -0.784. The van der Waals surface area contributed by atoms with Gasteiger partial charge >= 0.3 is 5.97 Å². The van der Waals surface area contributed by atoms with E-state index in [4.69, 9.17) is 5.11 Å². The molecule has 1 atom stereocenters. The van der Waals surface area contributed by atoms with Crippen LogP contribution in [-0.4, -0.2) is 17.6 Å². The summed E-state index contributed by atoms with van der Waals surface area (Å²) >= 11 is 3.39. The fourth-order valence-corrected chi connectivity index (χ4v) is 1.62. The molecule has 0 saturated carbocycles. The van der Waals surface area contributed by atoms with Crippen LogP contribution in [-0.2, 0) is 4.79 Å². The van der Waals surface area contributed by atoms with Crippen LogP contribution in [0.5, 0.6) is 0 Å². The van der Waals surface area contributed by atoms with Crippen molar-refractivity contribution in [3.8, 4) is 0 Å². The quantitative estimate of drug-likeness (QED) is 0.878. The van der Waals surface area contributed by atoms with Gasteiger partial charge in [-0.3, -0.25) is 4.79 Å². The fraction of sp³-hybridized carbons (Fsp3) is 0.462. The Balaban J connectivity index is 2.58. The van der Waals surface area contributed by atoms with E-state index in [1.807, 2.05) is 31.2 Å². The van der Waals surface area contributed by atoms with Gasteiger partial charge in [0, 0.05) is 17.1 Å². The molecular weight excluding hydrogens is 282 g/mol. The zero-order valence-corrected chi connectivity index (χ0v) is 11.9. The minimum atomic E-state index is -0.784. The van der Waals surface area contributed by atoms with Gasteiger partial charge < -0.3 is 10.4 Å². The highest BCUT2D eigenvalue weighted by atomic mass is 79.9. The van der Waals surface area contributed by atoms with E-state index in [0.29, 0.717) is 6.54 Å². The summed E-state index contributed by atoms with van der Waals surface area (Å²) < 4.78 is 1.04. The van der Waals surface area contributed by atoms with Crippen LogP contribution in [0.4, 0.5) is 0 Å². The van der Waals surface area contributed by atoms with E-state index in [0.717, 1.165) is 10.0 Å². The number of carbonyl (C=O) groups is 1. The van der Waals surface area contributed by atoms with Gasteiger partial charge in [0.05, 0.1) is 5.41 Å². The molecular formula is C13H18BrNO2. The largest absolute Gasteiger partial charge is 0.481 e. The molecule has 2 N–H and O–H groups in total. The SMILES string of the molecule is C[C@H](NCC(C)(C)C(=O)O)c1ccc(Br)cc1. The summed E-state index contributed by atoms with van der Waals surface area (Å²) in [5.41, 5.74) is 0.401. The van der Waals surface area contributed by atoms with Crippen molar-refractivity contribution in [2.45, 2.75) is 26.8 Å². The van der Waals surface area contributed by atoms with Gasteiger partial charge in [-0.25, -0.2) is 0 Å². The van der Waals surface area contributed by atoms with Gasteiger partial charge in [0.1, 0.15) is 0 Å². The predicted molar refractivity (Wildman–Crippen MR) is 72.0 cm³/mol. The maximum atomic E-state index is 11.0. The zero-order valence-electron chi connectivity index (χ0n) is 10.3. The molecule has 0 aliphatic heterocycles. The number of rotatable bonds is 5. The van der Waals surface area contributed by atoms with Crippen molar-refractivity contribution in [3.05, 3.63) is 34.3 Å². The number of hydrogen-bond acceptors (Lipinski definition) is 2. The monoisotopic (exact) mass is 299 g/mol. The van der Waals surface area contributed by atoms with Crippen molar-refractivity contribution in [2.75, 3.05) is 6.54 Å². The molecule has 0 spiro atoms. The van der Waals surface area contributed by atoms with E-state index < -0.39 is 11.4 Å². The molecule has 0 unspecified atom stereocenters. The minimum Gasteiger partial charge on any atom is -0.481 e. The number of carboxylic acid groups (broad SMARTS) is 1. The van der Waals surface area contributed by atoms with Crippen molar-refractivity contribution in [3.63, 3.8) is 0 Å². The Kier molecular flexibility index (Phi) is 4.71. The third-order valence-electron chi connectivity index (χ3n) is 2.80. The second-order valence-corrected chi connectivity index (χ2v) is 5.76. The summed E-state index contributed by atoms with van der Waals surface area (Å²) in [6.07, 6.45) is 0. The first-order valence-electron chi connectivity index (χ1n) is 5.55. The molecule has 94 valence electrons. The van der Waals surface area contributed by atoms with Crippen LogP contribution >= 0.6 is 15.9 Å². The van der Waals surface area contributed by atoms with Gasteiger partial charge in [-0.15, -0.1) is 0 Å². The summed E-state index contributed by atoms with van der Waals surface area (Å²) in [5, 5.41) is 12.3. The van der Waals surface area contributed by atoms with E-state index in [1.165, 1.54) is 0 Å². The Morgan fingerprint density at radius 1 is 1.41 bits per heavy atom. The van der Waals surface area contributed by atoms with Crippen LogP contribution in [0.15, 0.2) is 28.7 Å². The fourth-order valence-electron chi connectivity index (χ4n) is 1.35. The first-order chi connectivity index (χ1) is 7.83. The lowest BCUT2D eigenvalue weighted by Crippen LogP contribution is -2.37. The molecule has 0 aromatic heterocycles. The molecule has 0 radical (unpaired) electrons. The summed E-state index contributed by atoms with van der Waals surface area (Å²) in [6, 6.07) is 8.15. The Morgan fingerprint density at radius 2 is 1.94 bits per heavy atom. The highest BCUT2D eigenvalue weighted by Gasteiger charge is 2.27. The Labute approximate surface area is 110 Å². The molecule has 0 aliphatic rings. The van der Waals surface area contributed by atoms with Crippen LogP contribution in [0.1, 0.15) is 32.4 Å². The van der Waals surface area contributed by atoms with Gasteiger partial charge in [-0.05, 0) is 38.5 Å². The smallest absolute Gasteiger partial charge is 0.310 e. The maximum absolute atomic E-state index is 11.0. The minimum absolute atomic E-state index is 0.140. The molecule has 1 aromatic rings. The molecule has 17 heavy (non-hydrogen) atoms. The molecule has 4 heteroatoms. The van der Waals surface area contributed by atoms with Gasteiger partial charge in [0.25, 0.3) is 0 Å². The molecule has 0 fully saturated rings. The standard InChI is InChI=1S/C13H18BrNO2/c1-9(10-4-6-11(14)7-5-10)15-8-13(2,3)12(16)17/h4-7,9,15H,8H2,1-3H3,(H,16,17)/t9-/m0/s1. The molecule has 1 rings (SSSR count).